The zero-order valence-electron chi connectivity index (χ0n) is 10.8. The Morgan fingerprint density at radius 1 is 1.28 bits per heavy atom. The van der Waals surface area contributed by atoms with E-state index in [9.17, 15) is 13.9 Å². The van der Waals surface area contributed by atoms with Crippen LogP contribution in [0.25, 0.3) is 0 Å². The molecule has 2 unspecified atom stereocenters. The first kappa shape index (κ1) is 13.5. The number of benzene rings is 1. The summed E-state index contributed by atoms with van der Waals surface area (Å²) in [5.41, 5.74) is -0.920. The van der Waals surface area contributed by atoms with Gasteiger partial charge in [-0.2, -0.15) is 0 Å². The molecule has 0 radical (unpaired) electrons. The van der Waals surface area contributed by atoms with Crippen molar-refractivity contribution in [2.45, 2.75) is 51.0 Å². The molecule has 18 heavy (non-hydrogen) atoms. The van der Waals surface area contributed by atoms with Crippen LogP contribution in [0.3, 0.4) is 0 Å². The fraction of sp³-hybridized carbons (Fsp3) is 0.600. The molecule has 0 saturated heterocycles. The second-order valence-electron chi connectivity index (χ2n) is 5.33. The van der Waals surface area contributed by atoms with Gasteiger partial charge in [0.25, 0.3) is 0 Å². The van der Waals surface area contributed by atoms with Gasteiger partial charge in [0, 0.05) is 12.0 Å². The third kappa shape index (κ3) is 2.56. The van der Waals surface area contributed by atoms with Crippen molar-refractivity contribution in [1.82, 2.24) is 0 Å². The zero-order chi connectivity index (χ0) is 13.2. The van der Waals surface area contributed by atoms with Crippen LogP contribution < -0.4 is 0 Å². The molecule has 1 aromatic carbocycles. The van der Waals surface area contributed by atoms with Crippen molar-refractivity contribution in [3.05, 3.63) is 35.4 Å². The first-order valence-corrected chi connectivity index (χ1v) is 6.72. The molecule has 2 atom stereocenters. The second kappa shape index (κ2) is 5.35. The molecule has 100 valence electrons. The minimum atomic E-state index is -0.948. The van der Waals surface area contributed by atoms with Crippen molar-refractivity contribution in [3.8, 4) is 0 Å². The summed E-state index contributed by atoms with van der Waals surface area (Å²) in [5, 5.41) is 10.7. The van der Waals surface area contributed by atoms with Crippen molar-refractivity contribution in [2.75, 3.05) is 0 Å². The predicted octanol–water partition coefficient (Wildman–Crippen LogP) is 3.84. The van der Waals surface area contributed by atoms with Crippen LogP contribution in [-0.4, -0.2) is 10.7 Å². The standard InChI is InChI=1S/C15H20F2O/c1-2-11-6-3-4-9-15(11,18)10-12-13(16)7-5-8-14(12)17/h5,7-8,11,18H,2-4,6,9-10H2,1H3. The fourth-order valence-electron chi connectivity index (χ4n) is 3.12. The first-order chi connectivity index (χ1) is 8.57. The van der Waals surface area contributed by atoms with Gasteiger partial charge >= 0.3 is 0 Å². The maximum atomic E-state index is 13.7. The first-order valence-electron chi connectivity index (χ1n) is 6.72. The van der Waals surface area contributed by atoms with Gasteiger partial charge in [-0.15, -0.1) is 0 Å². The third-order valence-corrected chi connectivity index (χ3v) is 4.21. The average Bonchev–Trinajstić information content (AvgIpc) is 2.35. The Hall–Kier alpha value is -0.960. The molecule has 0 bridgehead atoms. The molecule has 1 N–H and O–H groups in total. The van der Waals surface area contributed by atoms with E-state index in [1.165, 1.54) is 18.2 Å². The normalized spacial score (nSPS) is 28.3. The molecule has 1 aliphatic rings. The van der Waals surface area contributed by atoms with Gasteiger partial charge in [0.1, 0.15) is 11.6 Å². The molecule has 1 fully saturated rings. The predicted molar refractivity (Wildman–Crippen MR) is 67.3 cm³/mol. The SMILES string of the molecule is CCC1CCCCC1(O)Cc1c(F)cccc1F. The van der Waals surface area contributed by atoms with E-state index in [4.69, 9.17) is 0 Å². The quantitative estimate of drug-likeness (QED) is 0.869. The van der Waals surface area contributed by atoms with Gasteiger partial charge in [-0.05, 0) is 30.9 Å². The van der Waals surface area contributed by atoms with Crippen LogP contribution in [-0.2, 0) is 6.42 Å². The summed E-state index contributed by atoms with van der Waals surface area (Å²) in [7, 11) is 0. The molecule has 0 spiro atoms. The Labute approximate surface area is 107 Å². The minimum absolute atomic E-state index is 0.0281. The molecule has 0 heterocycles. The van der Waals surface area contributed by atoms with E-state index < -0.39 is 17.2 Å². The van der Waals surface area contributed by atoms with Gasteiger partial charge in [0.2, 0.25) is 0 Å². The number of hydrogen-bond donors (Lipinski definition) is 1. The van der Waals surface area contributed by atoms with Crippen LogP contribution in [0, 0.1) is 17.6 Å². The minimum Gasteiger partial charge on any atom is -0.389 e. The highest BCUT2D eigenvalue weighted by Crippen LogP contribution is 2.38. The Morgan fingerprint density at radius 2 is 1.94 bits per heavy atom. The van der Waals surface area contributed by atoms with Gasteiger partial charge in [-0.1, -0.05) is 32.3 Å². The van der Waals surface area contributed by atoms with E-state index in [0.717, 1.165) is 25.7 Å². The largest absolute Gasteiger partial charge is 0.389 e. The van der Waals surface area contributed by atoms with Crippen LogP contribution >= 0.6 is 0 Å². The Morgan fingerprint density at radius 3 is 2.56 bits per heavy atom. The summed E-state index contributed by atoms with van der Waals surface area (Å²) in [6.07, 6.45) is 4.56. The molecule has 0 aliphatic heterocycles. The van der Waals surface area contributed by atoms with Gasteiger partial charge in [-0.25, -0.2) is 8.78 Å². The van der Waals surface area contributed by atoms with Crippen molar-refractivity contribution in [1.29, 1.82) is 0 Å². The summed E-state index contributed by atoms with van der Waals surface area (Å²) in [6, 6.07) is 3.87. The number of halogens is 2. The van der Waals surface area contributed by atoms with Crippen LogP contribution in [0.5, 0.6) is 0 Å². The van der Waals surface area contributed by atoms with Crippen LogP contribution in [0.2, 0.25) is 0 Å². The Balaban J connectivity index is 2.25. The number of hydrogen-bond acceptors (Lipinski definition) is 1. The van der Waals surface area contributed by atoms with E-state index in [1.54, 1.807) is 0 Å². The van der Waals surface area contributed by atoms with Gasteiger partial charge in [0.15, 0.2) is 0 Å². The molecule has 1 saturated carbocycles. The molecule has 1 aromatic rings. The van der Waals surface area contributed by atoms with Crippen molar-refractivity contribution >= 4 is 0 Å². The van der Waals surface area contributed by atoms with E-state index in [2.05, 4.69) is 0 Å². The van der Waals surface area contributed by atoms with Gasteiger partial charge in [0.05, 0.1) is 5.60 Å². The molecular weight excluding hydrogens is 234 g/mol. The zero-order valence-corrected chi connectivity index (χ0v) is 10.8. The van der Waals surface area contributed by atoms with Crippen LogP contribution in [0.4, 0.5) is 8.78 Å². The highest BCUT2D eigenvalue weighted by molar-refractivity contribution is 5.22. The lowest BCUT2D eigenvalue weighted by atomic mass is 9.71. The average molecular weight is 254 g/mol. The summed E-state index contributed by atoms with van der Waals surface area (Å²) in [4.78, 5) is 0. The summed E-state index contributed by atoms with van der Waals surface area (Å²) in [6.45, 7) is 2.03. The van der Waals surface area contributed by atoms with Crippen molar-refractivity contribution in [3.63, 3.8) is 0 Å². The summed E-state index contributed by atoms with van der Waals surface area (Å²) < 4.78 is 27.3. The molecule has 0 amide bonds. The van der Waals surface area contributed by atoms with Gasteiger partial charge < -0.3 is 5.11 Å². The highest BCUT2D eigenvalue weighted by Gasteiger charge is 2.38. The molecule has 1 aliphatic carbocycles. The van der Waals surface area contributed by atoms with Crippen molar-refractivity contribution in [2.24, 2.45) is 5.92 Å². The second-order valence-corrected chi connectivity index (χ2v) is 5.33. The summed E-state index contributed by atoms with van der Waals surface area (Å²) in [5.74, 6) is -0.960. The number of rotatable bonds is 3. The lowest BCUT2D eigenvalue weighted by Gasteiger charge is -2.40. The maximum absolute atomic E-state index is 13.7. The number of aliphatic hydroxyl groups is 1. The van der Waals surface area contributed by atoms with E-state index in [1.807, 2.05) is 6.92 Å². The van der Waals surface area contributed by atoms with E-state index in [0.29, 0.717) is 6.42 Å². The molecule has 2 rings (SSSR count). The molecule has 3 heteroatoms. The van der Waals surface area contributed by atoms with E-state index >= 15 is 0 Å². The molecule has 1 nitrogen and oxygen atoms in total. The summed E-state index contributed by atoms with van der Waals surface area (Å²) >= 11 is 0. The lowest BCUT2D eigenvalue weighted by Crippen LogP contribution is -2.42. The molecule has 0 aromatic heterocycles. The Kier molecular flexibility index (Phi) is 4.00. The third-order valence-electron chi connectivity index (χ3n) is 4.21. The fourth-order valence-corrected chi connectivity index (χ4v) is 3.12. The highest BCUT2D eigenvalue weighted by atomic mass is 19.1. The smallest absolute Gasteiger partial charge is 0.129 e. The van der Waals surface area contributed by atoms with Crippen molar-refractivity contribution < 1.29 is 13.9 Å². The van der Waals surface area contributed by atoms with Crippen LogP contribution in [0.1, 0.15) is 44.6 Å². The maximum Gasteiger partial charge on any atom is 0.129 e. The van der Waals surface area contributed by atoms with E-state index in [-0.39, 0.29) is 17.9 Å². The van der Waals surface area contributed by atoms with Crippen LogP contribution in [0.15, 0.2) is 18.2 Å². The monoisotopic (exact) mass is 254 g/mol. The van der Waals surface area contributed by atoms with Gasteiger partial charge in [-0.3, -0.25) is 0 Å². The lowest BCUT2D eigenvalue weighted by molar-refractivity contribution is -0.0502. The molecular formula is C15H20F2O. The Bertz CT molecular complexity index is 399. The topological polar surface area (TPSA) is 20.2 Å².